The molecule has 4 heteroatoms. The number of alkyl halides is 1. The Morgan fingerprint density at radius 1 is 1.50 bits per heavy atom. The van der Waals surface area contributed by atoms with Crippen molar-refractivity contribution in [3.8, 4) is 11.8 Å². The van der Waals surface area contributed by atoms with Crippen LogP contribution < -0.4 is 0 Å². The van der Waals surface area contributed by atoms with Gasteiger partial charge in [0, 0.05) is 30.5 Å². The summed E-state index contributed by atoms with van der Waals surface area (Å²) >= 11 is 0. The van der Waals surface area contributed by atoms with Gasteiger partial charge in [-0.25, -0.2) is 4.39 Å². The maximum atomic E-state index is 15.1. The van der Waals surface area contributed by atoms with Crippen molar-refractivity contribution in [1.29, 1.82) is 5.26 Å². The van der Waals surface area contributed by atoms with Gasteiger partial charge in [-0.3, -0.25) is 4.90 Å². The number of phenolic OH excluding ortho intramolecular Hbond substituents is 1. The fraction of sp³-hybridized carbons (Fsp3) is 0.550. The summed E-state index contributed by atoms with van der Waals surface area (Å²) in [5.41, 5.74) is 0.806. The molecule has 1 heterocycles. The highest BCUT2D eigenvalue weighted by Gasteiger charge is 2.51. The number of nitrogens with zero attached hydrogens (tertiary/aromatic N) is 2. The molecule has 2 rings (SSSR count). The van der Waals surface area contributed by atoms with Crippen molar-refractivity contribution >= 4 is 6.08 Å². The van der Waals surface area contributed by atoms with Gasteiger partial charge in [-0.1, -0.05) is 45.6 Å². The van der Waals surface area contributed by atoms with E-state index in [2.05, 4.69) is 17.5 Å². The average molecular weight is 330 g/mol. The summed E-state index contributed by atoms with van der Waals surface area (Å²) in [5.74, 6) is 0.199. The monoisotopic (exact) mass is 330 g/mol. The molecule has 0 spiro atoms. The van der Waals surface area contributed by atoms with Crippen LogP contribution in [0, 0.1) is 22.2 Å². The van der Waals surface area contributed by atoms with Crippen LogP contribution in [0.15, 0.2) is 24.8 Å². The fourth-order valence-corrected chi connectivity index (χ4v) is 3.72. The molecular weight excluding hydrogens is 303 g/mol. The van der Waals surface area contributed by atoms with Gasteiger partial charge in [-0.15, -0.1) is 0 Å². The van der Waals surface area contributed by atoms with Gasteiger partial charge >= 0.3 is 0 Å². The third kappa shape index (κ3) is 3.47. The van der Waals surface area contributed by atoms with Crippen LogP contribution in [0.5, 0.6) is 5.75 Å². The van der Waals surface area contributed by atoms with Crippen molar-refractivity contribution in [2.75, 3.05) is 13.1 Å². The summed E-state index contributed by atoms with van der Waals surface area (Å²) in [6.45, 7) is 11.4. The van der Waals surface area contributed by atoms with Crippen LogP contribution in [-0.4, -0.2) is 29.3 Å². The molecule has 1 aliphatic heterocycles. The van der Waals surface area contributed by atoms with E-state index in [1.54, 1.807) is 12.1 Å². The molecule has 1 fully saturated rings. The molecule has 0 aliphatic carbocycles. The molecule has 2 atom stereocenters. The SMILES string of the molecule is C=Cc1ccc(CN2CCC(CC#N)(C(C)(C)C)C(F)C2)cc1O. The molecule has 1 N–H and O–H groups in total. The van der Waals surface area contributed by atoms with Crippen molar-refractivity contribution in [2.45, 2.75) is 46.3 Å². The van der Waals surface area contributed by atoms with Crippen molar-refractivity contribution in [3.63, 3.8) is 0 Å². The summed E-state index contributed by atoms with van der Waals surface area (Å²) in [6.07, 6.45) is 1.49. The number of benzene rings is 1. The number of piperidine rings is 1. The zero-order valence-electron chi connectivity index (χ0n) is 14.8. The van der Waals surface area contributed by atoms with Gasteiger partial charge in [-0.05, 0) is 30.0 Å². The standard InChI is InChI=1S/C20H27FN2O/c1-5-16-7-6-15(12-17(16)24)13-23-11-9-20(8-10-22,18(21)14-23)19(2,3)4/h5-7,12,18,24H,1,8-9,11,13-14H2,2-4H3. The summed E-state index contributed by atoms with van der Waals surface area (Å²) in [6, 6.07) is 7.67. The highest BCUT2D eigenvalue weighted by molar-refractivity contribution is 5.55. The van der Waals surface area contributed by atoms with E-state index in [-0.39, 0.29) is 17.6 Å². The Kier molecular flexibility index (Phi) is 5.35. The molecule has 130 valence electrons. The molecule has 1 aliphatic rings. The second-order valence-electron chi connectivity index (χ2n) is 7.79. The first-order valence-corrected chi connectivity index (χ1v) is 8.41. The van der Waals surface area contributed by atoms with Gasteiger partial charge in [0.05, 0.1) is 6.07 Å². The second kappa shape index (κ2) is 6.94. The van der Waals surface area contributed by atoms with Crippen LogP contribution in [0.2, 0.25) is 0 Å². The lowest BCUT2D eigenvalue weighted by Gasteiger charge is -2.51. The lowest BCUT2D eigenvalue weighted by molar-refractivity contribution is -0.0660. The first-order valence-electron chi connectivity index (χ1n) is 8.41. The maximum absolute atomic E-state index is 15.1. The highest BCUT2D eigenvalue weighted by Crippen LogP contribution is 2.50. The van der Waals surface area contributed by atoms with Crippen LogP contribution in [0.4, 0.5) is 4.39 Å². The Bertz CT molecular complexity index is 644. The van der Waals surface area contributed by atoms with Crippen molar-refractivity contribution in [2.24, 2.45) is 10.8 Å². The van der Waals surface area contributed by atoms with Crippen molar-refractivity contribution in [1.82, 2.24) is 4.90 Å². The summed E-state index contributed by atoms with van der Waals surface area (Å²) in [4.78, 5) is 2.06. The third-order valence-electron chi connectivity index (χ3n) is 5.50. The molecule has 1 aromatic carbocycles. The van der Waals surface area contributed by atoms with E-state index in [0.717, 1.165) is 12.1 Å². The lowest BCUT2D eigenvalue weighted by atomic mass is 9.59. The number of hydrogen-bond donors (Lipinski definition) is 1. The Labute approximate surface area is 144 Å². The lowest BCUT2D eigenvalue weighted by Crippen LogP contribution is -2.54. The van der Waals surface area contributed by atoms with E-state index in [4.69, 9.17) is 0 Å². The molecule has 1 aromatic rings. The quantitative estimate of drug-likeness (QED) is 0.882. The molecular formula is C20H27FN2O. The van der Waals surface area contributed by atoms with Crippen LogP contribution in [-0.2, 0) is 6.54 Å². The molecule has 0 amide bonds. The normalized spacial score (nSPS) is 25.2. The van der Waals surface area contributed by atoms with E-state index in [0.29, 0.717) is 25.1 Å². The van der Waals surface area contributed by atoms with Gasteiger partial charge in [-0.2, -0.15) is 5.26 Å². The van der Waals surface area contributed by atoms with E-state index in [1.165, 1.54) is 0 Å². The van der Waals surface area contributed by atoms with E-state index in [1.807, 2.05) is 32.9 Å². The number of phenols is 1. The Morgan fingerprint density at radius 2 is 2.21 bits per heavy atom. The van der Waals surface area contributed by atoms with Crippen molar-refractivity contribution in [3.05, 3.63) is 35.9 Å². The van der Waals surface area contributed by atoms with E-state index >= 15 is 4.39 Å². The smallest absolute Gasteiger partial charge is 0.123 e. The zero-order chi connectivity index (χ0) is 18.0. The number of aromatic hydroxyl groups is 1. The Balaban J connectivity index is 2.11. The predicted octanol–water partition coefficient (Wildman–Crippen LogP) is 4.53. The molecule has 0 saturated carbocycles. The zero-order valence-corrected chi connectivity index (χ0v) is 14.8. The summed E-state index contributed by atoms with van der Waals surface area (Å²) in [7, 11) is 0. The molecule has 0 bridgehead atoms. The summed E-state index contributed by atoms with van der Waals surface area (Å²) in [5, 5.41) is 19.1. The topological polar surface area (TPSA) is 47.3 Å². The molecule has 24 heavy (non-hydrogen) atoms. The summed E-state index contributed by atoms with van der Waals surface area (Å²) < 4.78 is 15.1. The van der Waals surface area contributed by atoms with Crippen LogP contribution in [0.1, 0.15) is 44.7 Å². The van der Waals surface area contributed by atoms with E-state index < -0.39 is 11.6 Å². The number of halogens is 1. The largest absolute Gasteiger partial charge is 0.507 e. The first kappa shape index (κ1) is 18.5. The van der Waals surface area contributed by atoms with E-state index in [9.17, 15) is 10.4 Å². The number of nitriles is 1. The third-order valence-corrected chi connectivity index (χ3v) is 5.50. The minimum atomic E-state index is -1.04. The minimum absolute atomic E-state index is 0.199. The first-order chi connectivity index (χ1) is 11.2. The Morgan fingerprint density at radius 3 is 2.71 bits per heavy atom. The molecule has 1 saturated heterocycles. The van der Waals surface area contributed by atoms with Crippen LogP contribution >= 0.6 is 0 Å². The predicted molar refractivity (Wildman–Crippen MR) is 95.1 cm³/mol. The second-order valence-corrected chi connectivity index (χ2v) is 7.79. The van der Waals surface area contributed by atoms with Gasteiger partial charge in [0.2, 0.25) is 0 Å². The molecule has 0 radical (unpaired) electrons. The van der Waals surface area contributed by atoms with Crippen molar-refractivity contribution < 1.29 is 9.50 Å². The Hall–Kier alpha value is -1.86. The highest BCUT2D eigenvalue weighted by atomic mass is 19.1. The van der Waals surface area contributed by atoms with Gasteiger partial charge in [0.25, 0.3) is 0 Å². The number of hydrogen-bond acceptors (Lipinski definition) is 3. The molecule has 3 nitrogen and oxygen atoms in total. The van der Waals surface area contributed by atoms with Crippen LogP contribution in [0.3, 0.4) is 0 Å². The van der Waals surface area contributed by atoms with Gasteiger partial charge in [0.1, 0.15) is 11.9 Å². The van der Waals surface area contributed by atoms with Gasteiger partial charge < -0.3 is 5.11 Å². The fourth-order valence-electron chi connectivity index (χ4n) is 3.72. The van der Waals surface area contributed by atoms with Gasteiger partial charge in [0.15, 0.2) is 0 Å². The molecule has 2 unspecified atom stereocenters. The maximum Gasteiger partial charge on any atom is 0.123 e. The number of likely N-dealkylation sites (tertiary alicyclic amines) is 1. The van der Waals surface area contributed by atoms with Crippen LogP contribution in [0.25, 0.3) is 6.08 Å². The minimum Gasteiger partial charge on any atom is -0.507 e. The molecule has 0 aromatic heterocycles. The number of rotatable bonds is 4. The average Bonchev–Trinajstić information content (AvgIpc) is 2.49.